The fourth-order valence-corrected chi connectivity index (χ4v) is 2.76. The van der Waals surface area contributed by atoms with Gasteiger partial charge in [0, 0.05) is 25.7 Å². The lowest BCUT2D eigenvalue weighted by Crippen LogP contribution is -2.25. The van der Waals surface area contributed by atoms with E-state index in [4.69, 9.17) is 0 Å². The van der Waals surface area contributed by atoms with Crippen molar-refractivity contribution in [3.8, 4) is 22.8 Å². The van der Waals surface area contributed by atoms with Gasteiger partial charge in [0.1, 0.15) is 17.3 Å². The Kier molecular flexibility index (Phi) is 6.09. The van der Waals surface area contributed by atoms with Gasteiger partial charge in [0.15, 0.2) is 6.61 Å². The Morgan fingerprint density at radius 1 is 1.00 bits per heavy atom. The molecule has 31 heavy (non-hydrogen) atoms. The average molecular weight is 446 g/mol. The van der Waals surface area contributed by atoms with Crippen LogP contribution in [0.1, 0.15) is 12.2 Å². The molecule has 0 aliphatic carbocycles. The second kappa shape index (κ2) is 8.44. The minimum Gasteiger partial charge on any atom is -0.484 e. The molecule has 1 aromatic carbocycles. The Balaban J connectivity index is 1.98. The molecule has 0 amide bonds. The van der Waals surface area contributed by atoms with Gasteiger partial charge in [-0.2, -0.15) is 26.3 Å². The Hall–Kier alpha value is -3.31. The topological polar surface area (TPSA) is 61.9 Å². The van der Waals surface area contributed by atoms with Crippen LogP contribution >= 0.6 is 0 Å². The van der Waals surface area contributed by atoms with Crippen LogP contribution in [0.4, 0.5) is 26.3 Å². The smallest absolute Gasteiger partial charge is 0.422 e. The van der Waals surface area contributed by atoms with Crippen LogP contribution in [-0.2, 0) is 13.5 Å². The van der Waals surface area contributed by atoms with E-state index in [2.05, 4.69) is 14.7 Å². The largest absolute Gasteiger partial charge is 0.484 e. The zero-order chi connectivity index (χ0) is 22.8. The van der Waals surface area contributed by atoms with Crippen LogP contribution in [-0.4, -0.2) is 38.1 Å². The zero-order valence-corrected chi connectivity index (χ0v) is 16.0. The van der Waals surface area contributed by atoms with Gasteiger partial charge >= 0.3 is 12.4 Å². The third kappa shape index (κ3) is 6.09. The molecule has 2 heterocycles. The first-order valence-corrected chi connectivity index (χ1v) is 8.89. The fourth-order valence-electron chi connectivity index (χ4n) is 2.76. The summed E-state index contributed by atoms with van der Waals surface area (Å²) in [6, 6.07) is 6.05. The van der Waals surface area contributed by atoms with Gasteiger partial charge in [-0.05, 0) is 24.3 Å². The summed E-state index contributed by atoms with van der Waals surface area (Å²) in [7, 11) is 1.69. The van der Waals surface area contributed by atoms with Crippen molar-refractivity contribution in [2.75, 3.05) is 6.61 Å². The number of rotatable bonds is 6. The summed E-state index contributed by atoms with van der Waals surface area (Å²) in [5.41, 5.74) is -0.0848. The highest BCUT2D eigenvalue weighted by Gasteiger charge is 2.29. The predicted molar refractivity (Wildman–Crippen MR) is 98.0 cm³/mol. The minimum atomic E-state index is -4.52. The Labute approximate surface area is 171 Å². The highest BCUT2D eigenvalue weighted by Crippen LogP contribution is 2.24. The van der Waals surface area contributed by atoms with Crippen LogP contribution < -0.4 is 10.3 Å². The SMILES string of the molecule is Cn1cnc(-c2cc(=O)n(-c3ccc(OCC(F)(F)F)cc3)c(CCC(F)(F)F)n2)c1. The van der Waals surface area contributed by atoms with Crippen molar-refractivity contribution in [1.82, 2.24) is 19.1 Å². The molecule has 0 atom stereocenters. The Morgan fingerprint density at radius 3 is 2.23 bits per heavy atom. The molecule has 0 saturated carbocycles. The first kappa shape index (κ1) is 22.4. The number of hydrogen-bond acceptors (Lipinski definition) is 4. The summed E-state index contributed by atoms with van der Waals surface area (Å²) in [5, 5.41) is 0. The van der Waals surface area contributed by atoms with E-state index < -0.39 is 37.4 Å². The van der Waals surface area contributed by atoms with Crippen molar-refractivity contribution in [2.45, 2.75) is 25.2 Å². The molecule has 0 unspecified atom stereocenters. The van der Waals surface area contributed by atoms with Gasteiger partial charge in [0.25, 0.3) is 5.56 Å². The number of aryl methyl sites for hydroxylation is 2. The van der Waals surface area contributed by atoms with Crippen LogP contribution in [0.25, 0.3) is 17.1 Å². The maximum absolute atomic E-state index is 12.8. The first-order valence-electron chi connectivity index (χ1n) is 8.89. The number of halogens is 6. The Bertz CT molecular complexity index is 1100. The van der Waals surface area contributed by atoms with Crippen LogP contribution in [0.2, 0.25) is 0 Å². The van der Waals surface area contributed by atoms with Crippen molar-refractivity contribution in [2.24, 2.45) is 7.05 Å². The van der Waals surface area contributed by atoms with Gasteiger partial charge in [-0.25, -0.2) is 9.97 Å². The van der Waals surface area contributed by atoms with E-state index >= 15 is 0 Å². The first-order chi connectivity index (χ1) is 14.4. The molecule has 0 bridgehead atoms. The highest BCUT2D eigenvalue weighted by molar-refractivity contribution is 5.53. The standard InChI is InChI=1S/C19H16F6N4O2/c1-28-9-15(26-11-28)14-8-17(30)29(16(27-14)6-7-18(20,21)22)12-2-4-13(5-3-12)31-10-19(23,24)25/h2-5,8-9,11H,6-7,10H2,1H3. The molecular formula is C19H16F6N4O2. The lowest BCUT2D eigenvalue weighted by Gasteiger charge is -2.15. The monoisotopic (exact) mass is 446 g/mol. The van der Waals surface area contributed by atoms with E-state index in [0.29, 0.717) is 5.69 Å². The van der Waals surface area contributed by atoms with Gasteiger partial charge < -0.3 is 9.30 Å². The molecule has 0 aliphatic rings. The second-order valence-corrected chi connectivity index (χ2v) is 6.67. The normalized spacial score (nSPS) is 12.2. The summed E-state index contributed by atoms with van der Waals surface area (Å²) in [6.45, 7) is -1.50. The predicted octanol–water partition coefficient (Wildman–Crippen LogP) is 4.07. The summed E-state index contributed by atoms with van der Waals surface area (Å²) in [5.74, 6) is -0.265. The van der Waals surface area contributed by atoms with E-state index in [0.717, 1.165) is 10.6 Å². The van der Waals surface area contributed by atoms with Gasteiger partial charge in [-0.15, -0.1) is 0 Å². The van der Waals surface area contributed by atoms with Crippen molar-refractivity contribution >= 4 is 0 Å². The maximum atomic E-state index is 12.8. The molecule has 0 radical (unpaired) electrons. The van der Waals surface area contributed by atoms with Crippen molar-refractivity contribution < 1.29 is 31.1 Å². The number of aromatic nitrogens is 4. The van der Waals surface area contributed by atoms with Gasteiger partial charge in [0.2, 0.25) is 0 Å². The van der Waals surface area contributed by atoms with E-state index in [1.165, 1.54) is 30.6 Å². The molecule has 2 aromatic heterocycles. The maximum Gasteiger partial charge on any atom is 0.422 e. The molecule has 6 nitrogen and oxygen atoms in total. The summed E-state index contributed by atoms with van der Waals surface area (Å²) >= 11 is 0. The highest BCUT2D eigenvalue weighted by atomic mass is 19.4. The van der Waals surface area contributed by atoms with Crippen LogP contribution in [0.5, 0.6) is 5.75 Å². The minimum absolute atomic E-state index is 0.107. The summed E-state index contributed by atoms with van der Waals surface area (Å²) in [4.78, 5) is 21.0. The summed E-state index contributed by atoms with van der Waals surface area (Å²) in [6.07, 6.45) is -7.77. The van der Waals surface area contributed by atoms with E-state index in [1.807, 2.05) is 0 Å². The van der Waals surface area contributed by atoms with Gasteiger partial charge in [-0.3, -0.25) is 9.36 Å². The number of alkyl halides is 6. The molecule has 3 aromatic rings. The lowest BCUT2D eigenvalue weighted by atomic mass is 10.2. The van der Waals surface area contributed by atoms with Crippen LogP contribution in [0.15, 0.2) is 47.7 Å². The number of ether oxygens (including phenoxy) is 1. The molecule has 3 rings (SSSR count). The average Bonchev–Trinajstić information content (AvgIpc) is 3.10. The molecule has 0 N–H and O–H groups in total. The molecule has 0 aliphatic heterocycles. The van der Waals surface area contributed by atoms with Crippen molar-refractivity contribution in [3.63, 3.8) is 0 Å². The van der Waals surface area contributed by atoms with E-state index in [9.17, 15) is 31.1 Å². The molecule has 166 valence electrons. The van der Waals surface area contributed by atoms with E-state index in [-0.39, 0.29) is 23.0 Å². The fraction of sp³-hybridized carbons (Fsp3) is 0.316. The second-order valence-electron chi connectivity index (χ2n) is 6.67. The Morgan fingerprint density at radius 2 is 1.68 bits per heavy atom. The molecule has 0 spiro atoms. The van der Waals surface area contributed by atoms with Crippen LogP contribution in [0, 0.1) is 0 Å². The third-order valence-corrected chi connectivity index (χ3v) is 4.09. The number of hydrogen-bond donors (Lipinski definition) is 0. The third-order valence-electron chi connectivity index (χ3n) is 4.09. The molecule has 0 fully saturated rings. The summed E-state index contributed by atoms with van der Waals surface area (Å²) < 4.78 is 82.4. The van der Waals surface area contributed by atoms with Crippen molar-refractivity contribution in [1.29, 1.82) is 0 Å². The van der Waals surface area contributed by atoms with E-state index in [1.54, 1.807) is 17.8 Å². The number of nitrogens with zero attached hydrogens (tertiary/aromatic N) is 4. The van der Waals surface area contributed by atoms with Gasteiger partial charge in [0.05, 0.1) is 24.1 Å². The molecule has 0 saturated heterocycles. The van der Waals surface area contributed by atoms with Gasteiger partial charge in [-0.1, -0.05) is 0 Å². The molecular weight excluding hydrogens is 430 g/mol. The lowest BCUT2D eigenvalue weighted by molar-refractivity contribution is -0.153. The zero-order valence-electron chi connectivity index (χ0n) is 16.0. The van der Waals surface area contributed by atoms with Crippen LogP contribution in [0.3, 0.4) is 0 Å². The number of benzene rings is 1. The molecule has 12 heteroatoms. The van der Waals surface area contributed by atoms with Crippen molar-refractivity contribution in [3.05, 3.63) is 59.0 Å². The number of imidazole rings is 1. The quantitative estimate of drug-likeness (QED) is 0.536.